The normalized spacial score (nSPS) is 20.6. The molecule has 10 nitrogen and oxygen atoms in total. The van der Waals surface area contributed by atoms with E-state index < -0.39 is 32.7 Å². The monoisotopic (exact) mass is 658 g/mol. The highest BCUT2D eigenvalue weighted by Crippen LogP contribution is 2.51. The molecular formula is C35H39FN6O4S. The highest BCUT2D eigenvalue weighted by Gasteiger charge is 2.51. The van der Waals surface area contributed by atoms with Crippen molar-refractivity contribution in [1.29, 1.82) is 0 Å². The van der Waals surface area contributed by atoms with Gasteiger partial charge in [-0.3, -0.25) is 19.3 Å². The van der Waals surface area contributed by atoms with Crippen molar-refractivity contribution in [2.24, 2.45) is 12.5 Å². The molecule has 1 fully saturated rings. The maximum atomic E-state index is 14.7. The van der Waals surface area contributed by atoms with E-state index in [1.165, 1.54) is 12.1 Å². The van der Waals surface area contributed by atoms with Crippen LogP contribution in [0.15, 0.2) is 71.7 Å². The number of nitrogens with zero attached hydrogens (tertiary/aromatic N) is 6. The van der Waals surface area contributed by atoms with Crippen molar-refractivity contribution >= 4 is 33.4 Å². The molecule has 0 bridgehead atoms. The lowest BCUT2D eigenvalue weighted by molar-refractivity contribution is -0.155. The van der Waals surface area contributed by atoms with Crippen molar-refractivity contribution in [2.75, 3.05) is 6.54 Å². The van der Waals surface area contributed by atoms with E-state index in [9.17, 15) is 18.2 Å². The second-order valence-corrected chi connectivity index (χ2v) is 15.6. The van der Waals surface area contributed by atoms with Crippen molar-refractivity contribution in [2.45, 2.75) is 70.0 Å². The van der Waals surface area contributed by atoms with E-state index in [2.05, 4.69) is 21.1 Å². The van der Waals surface area contributed by atoms with E-state index in [-0.39, 0.29) is 29.6 Å². The Morgan fingerprint density at radius 3 is 2.60 bits per heavy atom. The zero-order chi connectivity index (χ0) is 33.7. The van der Waals surface area contributed by atoms with E-state index in [0.29, 0.717) is 30.6 Å². The number of ether oxygens (including phenoxy) is 1. The molecule has 1 unspecified atom stereocenters. The van der Waals surface area contributed by atoms with Gasteiger partial charge >= 0.3 is 5.97 Å². The van der Waals surface area contributed by atoms with Crippen LogP contribution in [-0.2, 0) is 32.7 Å². The number of pyridine rings is 1. The summed E-state index contributed by atoms with van der Waals surface area (Å²) in [5.74, 6) is 3.08. The summed E-state index contributed by atoms with van der Waals surface area (Å²) in [6.45, 7) is 6.96. The number of Topliss-reactive ketones (excluding diaryl/α,β-unsaturated/α-hetero) is 1. The first-order valence-corrected chi connectivity index (χ1v) is 17.2. The smallest absolute Gasteiger partial charge is 0.321 e. The summed E-state index contributed by atoms with van der Waals surface area (Å²) in [4.78, 5) is 32.5. The van der Waals surface area contributed by atoms with Crippen molar-refractivity contribution in [3.63, 3.8) is 0 Å². The van der Waals surface area contributed by atoms with Crippen LogP contribution in [0, 0.1) is 18.2 Å². The summed E-state index contributed by atoms with van der Waals surface area (Å²) in [5.41, 5.74) is 2.71. The van der Waals surface area contributed by atoms with Crippen molar-refractivity contribution in [3.05, 3.63) is 95.0 Å². The van der Waals surface area contributed by atoms with E-state index in [1.807, 2.05) is 19.1 Å². The lowest BCUT2D eigenvalue weighted by Crippen LogP contribution is -2.52. The molecule has 0 saturated heterocycles. The van der Waals surface area contributed by atoms with E-state index in [1.54, 1.807) is 84.3 Å². The van der Waals surface area contributed by atoms with Crippen LogP contribution < -0.4 is 0 Å². The van der Waals surface area contributed by atoms with Gasteiger partial charge < -0.3 is 4.74 Å². The predicted molar refractivity (Wildman–Crippen MR) is 178 cm³/mol. The van der Waals surface area contributed by atoms with Crippen LogP contribution in [0.4, 0.5) is 4.39 Å². The third kappa shape index (κ3) is 6.31. The standard InChI is InChI=1S/C35H39FN6O4S/c1-23-13-15-37-29(17-23)33(44)35-19-24-21-38-42(27-11-8-26(36)9-12-27)30(24)18-25(35)7-10-28(20-35)41(22-32(43)46-34(2,3)4)47(6,45)31-14-16-40(5)39-31/h8-9,11-18,21,28H,6-7,10,19-20,22H2,1-5H3/t28-,35-,47?/m0/s1. The summed E-state index contributed by atoms with van der Waals surface area (Å²) in [5, 5.41) is 9.27. The number of esters is 1. The number of hydrogen-bond donors (Lipinski definition) is 0. The van der Waals surface area contributed by atoms with Crippen molar-refractivity contribution in [3.8, 4) is 5.69 Å². The molecule has 3 aromatic heterocycles. The molecule has 12 heteroatoms. The molecule has 2 aliphatic rings. The topological polar surface area (TPSA) is 112 Å². The zero-order valence-electron chi connectivity index (χ0n) is 27.3. The van der Waals surface area contributed by atoms with Gasteiger partial charge in [-0.15, -0.1) is 0 Å². The second kappa shape index (κ2) is 12.0. The van der Waals surface area contributed by atoms with Gasteiger partial charge in [0.15, 0.2) is 10.8 Å². The first-order chi connectivity index (χ1) is 22.2. The number of allylic oxidation sites excluding steroid dienone is 1. The number of carbonyl (C=O) groups is 2. The van der Waals surface area contributed by atoms with Gasteiger partial charge in [0, 0.05) is 25.5 Å². The first kappa shape index (κ1) is 32.5. The molecular weight excluding hydrogens is 619 g/mol. The van der Waals surface area contributed by atoms with Crippen LogP contribution in [-0.4, -0.2) is 68.9 Å². The maximum Gasteiger partial charge on any atom is 0.321 e. The third-order valence-electron chi connectivity index (χ3n) is 8.80. The lowest BCUT2D eigenvalue weighted by atomic mass is 9.60. The Morgan fingerprint density at radius 2 is 1.94 bits per heavy atom. The summed E-state index contributed by atoms with van der Waals surface area (Å²) < 4.78 is 38.9. The van der Waals surface area contributed by atoms with Gasteiger partial charge in [-0.1, -0.05) is 5.57 Å². The highest BCUT2D eigenvalue weighted by molar-refractivity contribution is 7.98. The van der Waals surface area contributed by atoms with Gasteiger partial charge in [0.25, 0.3) is 0 Å². The average Bonchev–Trinajstić information content (AvgIpc) is 3.63. The Labute approximate surface area is 274 Å². The zero-order valence-corrected chi connectivity index (χ0v) is 28.1. The van der Waals surface area contributed by atoms with Crippen LogP contribution >= 0.6 is 0 Å². The maximum absolute atomic E-state index is 14.7. The predicted octanol–water partition coefficient (Wildman–Crippen LogP) is 5.14. The van der Waals surface area contributed by atoms with Crippen molar-refractivity contribution in [1.82, 2.24) is 28.9 Å². The SMILES string of the molecule is C=S(=O)(c1ccn(C)n1)N(CC(=O)OC(C)(C)C)[C@H]1CCC2=Cc3c(cnn3-c3ccc(F)cc3)C[C@]2(C(=O)c2cc(C)ccn2)C1. The number of hydrogen-bond acceptors (Lipinski definition) is 7. The molecule has 0 amide bonds. The van der Waals surface area contributed by atoms with Crippen molar-refractivity contribution < 1.29 is 22.9 Å². The minimum absolute atomic E-state index is 0.150. The number of aromatic nitrogens is 5. The van der Waals surface area contributed by atoms with Gasteiger partial charge in [0.05, 0.1) is 32.7 Å². The molecule has 6 rings (SSSR count). The Bertz CT molecular complexity index is 1990. The van der Waals surface area contributed by atoms with E-state index in [0.717, 1.165) is 22.4 Å². The molecule has 0 N–H and O–H groups in total. The average molecular weight is 659 g/mol. The van der Waals surface area contributed by atoms with Crippen LogP contribution in [0.3, 0.4) is 0 Å². The number of benzene rings is 1. The largest absolute Gasteiger partial charge is 0.459 e. The molecule has 4 aromatic rings. The second-order valence-electron chi connectivity index (χ2n) is 13.4. The van der Waals surface area contributed by atoms with E-state index in [4.69, 9.17) is 4.74 Å². The van der Waals surface area contributed by atoms with Gasteiger partial charge in [0.2, 0.25) is 0 Å². The summed E-state index contributed by atoms with van der Waals surface area (Å²) in [6.07, 6.45) is 8.64. The number of carbonyl (C=O) groups excluding carboxylic acids is 2. The van der Waals surface area contributed by atoms with Gasteiger partial charge in [-0.2, -0.15) is 10.2 Å². The number of ketones is 1. The van der Waals surface area contributed by atoms with Crippen LogP contribution in [0.1, 0.15) is 67.3 Å². The third-order valence-corrected chi connectivity index (χ3v) is 10.9. The minimum Gasteiger partial charge on any atom is -0.459 e. The number of fused-ring (bicyclic) bond motifs is 2. The van der Waals surface area contributed by atoms with Gasteiger partial charge in [-0.05, 0) is 119 Å². The molecule has 1 aromatic carbocycles. The van der Waals surface area contributed by atoms with Crippen LogP contribution in [0.2, 0.25) is 0 Å². The fourth-order valence-electron chi connectivity index (χ4n) is 6.68. The molecule has 246 valence electrons. The van der Waals surface area contributed by atoms with Gasteiger partial charge in [-0.25, -0.2) is 17.6 Å². The summed E-state index contributed by atoms with van der Waals surface area (Å²) in [7, 11) is -1.56. The fourth-order valence-corrected chi connectivity index (χ4v) is 8.43. The molecule has 0 radical (unpaired) electrons. The molecule has 0 spiro atoms. The lowest BCUT2D eigenvalue weighted by Gasteiger charge is -2.47. The molecule has 0 aliphatic heterocycles. The number of rotatable bonds is 8. The molecule has 3 heterocycles. The summed E-state index contributed by atoms with van der Waals surface area (Å²) in [6, 6.07) is 10.9. The molecule has 1 saturated carbocycles. The Morgan fingerprint density at radius 1 is 1.19 bits per heavy atom. The fraction of sp³-hybridized carbons (Fsp3) is 0.371. The van der Waals surface area contributed by atoms with E-state index >= 15 is 0 Å². The Balaban J connectivity index is 1.45. The van der Waals surface area contributed by atoms with Crippen LogP contribution in [0.5, 0.6) is 0 Å². The van der Waals surface area contributed by atoms with Crippen LogP contribution in [0.25, 0.3) is 11.8 Å². The van der Waals surface area contributed by atoms with Gasteiger partial charge in [0.1, 0.15) is 23.7 Å². The Kier molecular flexibility index (Phi) is 8.29. The highest BCUT2D eigenvalue weighted by atomic mass is 32.2. The molecule has 3 atom stereocenters. The quantitative estimate of drug-likeness (QED) is 0.146. The summed E-state index contributed by atoms with van der Waals surface area (Å²) >= 11 is 0. The minimum atomic E-state index is -3.28. The molecule has 47 heavy (non-hydrogen) atoms. The first-order valence-electron chi connectivity index (χ1n) is 15.5. The molecule has 2 aliphatic carbocycles. The number of aryl methyl sites for hydroxylation is 2. The number of halogens is 1. The Hall–Kier alpha value is -4.42.